The largest absolute Gasteiger partial charge is 0.545 e. The van der Waals surface area contributed by atoms with Crippen LogP contribution >= 0.6 is 0 Å². The molecule has 0 bridgehead atoms. The Bertz CT molecular complexity index is 739. The highest BCUT2D eigenvalue weighted by Gasteiger charge is 2.40. The van der Waals surface area contributed by atoms with Crippen molar-refractivity contribution in [3.05, 3.63) is 53.3 Å². The maximum atomic E-state index is 12.7. The van der Waals surface area contributed by atoms with Gasteiger partial charge in [0.15, 0.2) is 0 Å². The molecule has 1 fully saturated rings. The van der Waals surface area contributed by atoms with E-state index in [1.807, 2.05) is 0 Å². The van der Waals surface area contributed by atoms with E-state index < -0.39 is 23.2 Å². The van der Waals surface area contributed by atoms with Crippen molar-refractivity contribution in [2.45, 2.75) is 31.0 Å². The minimum absolute atomic E-state index is 0.141. The van der Waals surface area contributed by atoms with E-state index in [1.54, 1.807) is 0 Å². The molecule has 0 atom stereocenters. The predicted octanol–water partition coefficient (Wildman–Crippen LogP) is 2.35. The van der Waals surface area contributed by atoms with E-state index in [1.165, 1.54) is 12.1 Å². The topological polar surface area (TPSA) is 77.9 Å². The highest BCUT2D eigenvalue weighted by molar-refractivity contribution is 5.84. The number of aromatic nitrogens is 2. The fourth-order valence-electron chi connectivity index (χ4n) is 2.71. The van der Waals surface area contributed by atoms with Crippen molar-refractivity contribution in [3.8, 4) is 0 Å². The summed E-state index contributed by atoms with van der Waals surface area (Å²) in [5.74, 6) is -1.15. The summed E-state index contributed by atoms with van der Waals surface area (Å²) in [6, 6.07) is 5.00. The van der Waals surface area contributed by atoms with Crippen molar-refractivity contribution in [2.24, 2.45) is 0 Å². The van der Waals surface area contributed by atoms with Crippen LogP contribution in [0.2, 0.25) is 0 Å². The Hall–Kier alpha value is -2.64. The van der Waals surface area contributed by atoms with Gasteiger partial charge in [0.25, 0.3) is 0 Å². The van der Waals surface area contributed by atoms with E-state index in [9.17, 15) is 23.1 Å². The number of aromatic carboxylic acids is 1. The molecule has 1 aliphatic rings. The van der Waals surface area contributed by atoms with Gasteiger partial charge in [-0.05, 0) is 37.0 Å². The molecule has 0 spiro atoms. The number of rotatable bonds is 4. The lowest BCUT2D eigenvalue weighted by Crippen LogP contribution is -2.42. The summed E-state index contributed by atoms with van der Waals surface area (Å²) in [4.78, 5) is 18.5. The lowest BCUT2D eigenvalue weighted by Gasteiger charge is -2.43. The van der Waals surface area contributed by atoms with E-state index in [4.69, 9.17) is 0 Å². The second-order valence-electron chi connectivity index (χ2n) is 5.72. The normalized spacial score (nSPS) is 16.3. The van der Waals surface area contributed by atoms with Crippen molar-refractivity contribution < 1.29 is 23.1 Å². The first-order valence-corrected chi connectivity index (χ1v) is 7.29. The van der Waals surface area contributed by atoms with Gasteiger partial charge in [-0.1, -0.05) is 12.1 Å². The Kier molecular flexibility index (Phi) is 3.90. The smallest absolute Gasteiger partial charge is 0.416 e. The van der Waals surface area contributed by atoms with Crippen LogP contribution in [0.1, 0.15) is 40.7 Å². The Morgan fingerprint density at radius 3 is 2.12 bits per heavy atom. The number of alkyl halides is 3. The summed E-state index contributed by atoms with van der Waals surface area (Å²) in [5.41, 5.74) is -0.657. The Balaban J connectivity index is 1.83. The van der Waals surface area contributed by atoms with Crippen molar-refractivity contribution in [1.82, 2.24) is 9.97 Å². The summed E-state index contributed by atoms with van der Waals surface area (Å²) >= 11 is 0. The van der Waals surface area contributed by atoms with E-state index in [2.05, 4.69) is 15.3 Å². The van der Waals surface area contributed by atoms with Gasteiger partial charge >= 0.3 is 6.18 Å². The zero-order valence-electron chi connectivity index (χ0n) is 12.4. The summed E-state index contributed by atoms with van der Waals surface area (Å²) in [5, 5.41) is 13.8. The first-order chi connectivity index (χ1) is 11.3. The lowest BCUT2D eigenvalue weighted by molar-refractivity contribution is -0.255. The molecule has 5 nitrogen and oxygen atoms in total. The van der Waals surface area contributed by atoms with Gasteiger partial charge in [-0.2, -0.15) is 13.2 Å². The molecular weight excluding hydrogens is 323 g/mol. The van der Waals surface area contributed by atoms with Gasteiger partial charge in [-0.15, -0.1) is 0 Å². The molecule has 3 rings (SSSR count). The molecular formula is C16H13F3N3O2-. The van der Waals surface area contributed by atoms with Gasteiger partial charge in [0, 0.05) is 18.0 Å². The summed E-state index contributed by atoms with van der Waals surface area (Å²) < 4.78 is 38.0. The van der Waals surface area contributed by atoms with Crippen LogP contribution in [-0.2, 0) is 11.7 Å². The quantitative estimate of drug-likeness (QED) is 0.927. The number of nitrogens with one attached hydrogen (secondary N) is 1. The average Bonchev–Trinajstić information content (AvgIpc) is 2.51. The molecule has 0 unspecified atom stereocenters. The molecule has 24 heavy (non-hydrogen) atoms. The number of carboxylic acids is 1. The number of carbonyl (C=O) groups is 1. The first kappa shape index (κ1) is 16.2. The number of nitrogens with zero attached hydrogens (tertiary/aromatic N) is 2. The van der Waals surface area contributed by atoms with Crippen LogP contribution in [0.25, 0.3) is 0 Å². The van der Waals surface area contributed by atoms with Crippen LogP contribution in [0.4, 0.5) is 19.1 Å². The molecule has 1 aromatic heterocycles. The molecule has 2 aromatic rings. The van der Waals surface area contributed by atoms with Crippen molar-refractivity contribution in [1.29, 1.82) is 0 Å². The van der Waals surface area contributed by atoms with Gasteiger partial charge in [0.1, 0.15) is 0 Å². The highest BCUT2D eigenvalue weighted by Crippen LogP contribution is 2.44. The molecule has 126 valence electrons. The fraction of sp³-hybridized carbons (Fsp3) is 0.312. The molecule has 1 aliphatic carbocycles. The first-order valence-electron chi connectivity index (χ1n) is 7.29. The predicted molar refractivity (Wildman–Crippen MR) is 77.0 cm³/mol. The zero-order chi connectivity index (χ0) is 17.4. The number of benzene rings is 1. The average molecular weight is 336 g/mol. The molecule has 0 aliphatic heterocycles. The second-order valence-corrected chi connectivity index (χ2v) is 5.72. The number of halogens is 3. The van der Waals surface area contributed by atoms with Crippen LogP contribution in [0, 0.1) is 0 Å². The number of hydrogen-bond donors (Lipinski definition) is 1. The number of carbonyl (C=O) groups excluding carboxylic acids is 1. The number of carboxylic acid groups (broad SMARTS) is 1. The number of anilines is 1. The van der Waals surface area contributed by atoms with E-state index in [-0.39, 0.29) is 11.5 Å². The standard InChI is InChI=1S/C16H14F3N3O2/c17-16(18,19)12-4-2-11(3-5-12)15(6-1-7-15)22-14-20-8-10(9-21-14)13(23)24/h2-5,8-9H,1,6-7H2,(H,23,24)(H,20,21,22)/p-1. The highest BCUT2D eigenvalue weighted by atomic mass is 19.4. The van der Waals surface area contributed by atoms with Gasteiger partial charge < -0.3 is 15.2 Å². The van der Waals surface area contributed by atoms with Crippen molar-refractivity contribution >= 4 is 11.9 Å². The summed E-state index contributed by atoms with van der Waals surface area (Å²) in [7, 11) is 0. The second kappa shape index (κ2) is 5.77. The van der Waals surface area contributed by atoms with E-state index in [0.717, 1.165) is 43.8 Å². The molecule has 1 N–H and O–H groups in total. The summed E-state index contributed by atoms with van der Waals surface area (Å²) in [6.07, 6.45) is 0.259. The number of hydrogen-bond acceptors (Lipinski definition) is 5. The Morgan fingerprint density at radius 1 is 1.12 bits per heavy atom. The molecule has 8 heteroatoms. The maximum absolute atomic E-state index is 12.7. The molecule has 0 amide bonds. The van der Waals surface area contributed by atoms with Gasteiger partial charge in [-0.25, -0.2) is 9.97 Å². The van der Waals surface area contributed by atoms with E-state index in [0.29, 0.717) is 5.56 Å². The van der Waals surface area contributed by atoms with Crippen LogP contribution < -0.4 is 10.4 Å². The molecule has 0 saturated heterocycles. The van der Waals surface area contributed by atoms with Gasteiger partial charge in [0.2, 0.25) is 5.95 Å². The minimum atomic E-state index is -4.37. The van der Waals surface area contributed by atoms with Crippen molar-refractivity contribution in [3.63, 3.8) is 0 Å². The third kappa shape index (κ3) is 3.04. The fourth-order valence-corrected chi connectivity index (χ4v) is 2.71. The van der Waals surface area contributed by atoms with Crippen LogP contribution in [0.15, 0.2) is 36.7 Å². The van der Waals surface area contributed by atoms with Crippen LogP contribution in [-0.4, -0.2) is 15.9 Å². The van der Waals surface area contributed by atoms with E-state index >= 15 is 0 Å². The van der Waals surface area contributed by atoms with Crippen LogP contribution in [0.5, 0.6) is 0 Å². The Labute approximate surface area is 135 Å². The van der Waals surface area contributed by atoms with Gasteiger partial charge in [-0.3, -0.25) is 0 Å². The summed E-state index contributed by atoms with van der Waals surface area (Å²) in [6.45, 7) is 0. The van der Waals surface area contributed by atoms with Crippen molar-refractivity contribution in [2.75, 3.05) is 5.32 Å². The van der Waals surface area contributed by atoms with Crippen LogP contribution in [0.3, 0.4) is 0 Å². The van der Waals surface area contributed by atoms with Gasteiger partial charge in [0.05, 0.1) is 17.1 Å². The third-order valence-electron chi connectivity index (χ3n) is 4.21. The zero-order valence-corrected chi connectivity index (χ0v) is 12.4. The Morgan fingerprint density at radius 2 is 1.71 bits per heavy atom. The molecule has 0 radical (unpaired) electrons. The molecule has 1 heterocycles. The molecule has 1 saturated carbocycles. The monoisotopic (exact) mass is 336 g/mol. The SMILES string of the molecule is O=C([O-])c1cnc(NC2(c3ccc(C(F)(F)F)cc3)CCC2)nc1. The molecule has 1 aromatic carbocycles. The third-order valence-corrected chi connectivity index (χ3v) is 4.21. The lowest BCUT2D eigenvalue weighted by atomic mass is 9.71. The minimum Gasteiger partial charge on any atom is -0.545 e. The maximum Gasteiger partial charge on any atom is 0.416 e.